The monoisotopic (exact) mass is 365 g/mol. The standard InChI is InChI=1S/C20H23N5O2/c1-13(16-6-5-9-22-16)18-15-12-14(7-8-17(15)23-19(18)26)25(21)20(27)24-10-3-2-4-11-24/h5-9,12,22H,2-4,10-11,21H2,1H3,(H,23,26). The molecule has 0 unspecified atom stereocenters. The molecule has 7 heteroatoms. The van der Waals surface area contributed by atoms with Crippen LogP contribution in [0.15, 0.2) is 36.5 Å². The molecule has 2 aliphatic heterocycles. The van der Waals surface area contributed by atoms with Gasteiger partial charge in [0.2, 0.25) is 0 Å². The molecule has 2 aliphatic rings. The minimum atomic E-state index is -0.210. The molecule has 3 amide bonds. The zero-order chi connectivity index (χ0) is 19.0. The van der Waals surface area contributed by atoms with Crippen LogP contribution >= 0.6 is 0 Å². The molecule has 7 nitrogen and oxygen atoms in total. The summed E-state index contributed by atoms with van der Waals surface area (Å²) in [5.74, 6) is 5.98. The van der Waals surface area contributed by atoms with Crippen molar-refractivity contribution in [2.75, 3.05) is 23.4 Å². The summed E-state index contributed by atoms with van der Waals surface area (Å²) in [6.07, 6.45) is 4.98. The predicted molar refractivity (Wildman–Crippen MR) is 106 cm³/mol. The first-order valence-electron chi connectivity index (χ1n) is 9.20. The number of H-pyrrole nitrogens is 1. The number of anilines is 2. The molecule has 2 aromatic rings. The SMILES string of the molecule is CC(=C1C(=O)Nc2ccc(N(N)C(=O)N3CCCCC3)cc21)c1ccc[nH]1. The molecule has 4 rings (SSSR count). The molecule has 1 aromatic carbocycles. The van der Waals surface area contributed by atoms with E-state index in [-0.39, 0.29) is 11.9 Å². The number of rotatable bonds is 2. The highest BCUT2D eigenvalue weighted by atomic mass is 16.2. The van der Waals surface area contributed by atoms with Gasteiger partial charge in [-0.3, -0.25) is 4.79 Å². The van der Waals surface area contributed by atoms with Crippen molar-refractivity contribution in [1.29, 1.82) is 0 Å². The van der Waals surface area contributed by atoms with Gasteiger partial charge >= 0.3 is 6.03 Å². The van der Waals surface area contributed by atoms with E-state index in [0.29, 0.717) is 11.3 Å². The highest BCUT2D eigenvalue weighted by Crippen LogP contribution is 2.38. The largest absolute Gasteiger partial charge is 0.361 e. The number of aromatic amines is 1. The number of carbonyl (C=O) groups excluding carboxylic acids is 2. The Morgan fingerprint density at radius 2 is 1.96 bits per heavy atom. The van der Waals surface area contributed by atoms with E-state index in [4.69, 9.17) is 5.84 Å². The van der Waals surface area contributed by atoms with Gasteiger partial charge in [0.05, 0.1) is 11.3 Å². The Morgan fingerprint density at radius 1 is 1.19 bits per heavy atom. The fourth-order valence-electron chi connectivity index (χ4n) is 3.72. The minimum Gasteiger partial charge on any atom is -0.361 e. The van der Waals surface area contributed by atoms with E-state index in [0.717, 1.165) is 54.9 Å². The summed E-state index contributed by atoms with van der Waals surface area (Å²) >= 11 is 0. The van der Waals surface area contributed by atoms with Crippen molar-refractivity contribution in [3.63, 3.8) is 0 Å². The van der Waals surface area contributed by atoms with Gasteiger partial charge in [0.25, 0.3) is 5.91 Å². The number of piperidine rings is 1. The third kappa shape index (κ3) is 3.10. The van der Waals surface area contributed by atoms with Crippen molar-refractivity contribution >= 4 is 34.5 Å². The second-order valence-electron chi connectivity index (χ2n) is 6.97. The number of hydrogen-bond donors (Lipinski definition) is 3. The maximum Gasteiger partial charge on any atom is 0.338 e. The van der Waals surface area contributed by atoms with Gasteiger partial charge in [-0.2, -0.15) is 0 Å². The molecule has 140 valence electrons. The zero-order valence-corrected chi connectivity index (χ0v) is 15.3. The molecule has 3 heterocycles. The Morgan fingerprint density at radius 3 is 2.67 bits per heavy atom. The van der Waals surface area contributed by atoms with Crippen molar-refractivity contribution in [3.05, 3.63) is 47.8 Å². The average molecular weight is 365 g/mol. The summed E-state index contributed by atoms with van der Waals surface area (Å²) in [4.78, 5) is 30.1. The van der Waals surface area contributed by atoms with E-state index in [2.05, 4.69) is 10.3 Å². The van der Waals surface area contributed by atoms with Crippen LogP contribution in [0.5, 0.6) is 0 Å². The van der Waals surface area contributed by atoms with E-state index in [1.807, 2.05) is 25.3 Å². The molecular weight excluding hydrogens is 342 g/mol. The van der Waals surface area contributed by atoms with Crippen LogP contribution in [-0.2, 0) is 4.79 Å². The maximum atomic E-state index is 12.7. The molecule has 0 atom stereocenters. The molecule has 4 N–H and O–H groups in total. The van der Waals surface area contributed by atoms with Crippen molar-refractivity contribution in [1.82, 2.24) is 9.88 Å². The van der Waals surface area contributed by atoms with Crippen LogP contribution < -0.4 is 16.2 Å². The van der Waals surface area contributed by atoms with Gasteiger partial charge in [-0.15, -0.1) is 0 Å². The predicted octanol–water partition coefficient (Wildman–Crippen LogP) is 3.18. The Hall–Kier alpha value is -3.06. The van der Waals surface area contributed by atoms with Crippen LogP contribution in [-0.4, -0.2) is 34.9 Å². The quantitative estimate of drug-likeness (QED) is 0.330. The van der Waals surface area contributed by atoms with E-state index < -0.39 is 0 Å². The van der Waals surface area contributed by atoms with E-state index in [1.165, 1.54) is 5.01 Å². The van der Waals surface area contributed by atoms with Crippen LogP contribution in [0.25, 0.3) is 11.1 Å². The molecule has 0 spiro atoms. The highest BCUT2D eigenvalue weighted by molar-refractivity contribution is 6.36. The van der Waals surface area contributed by atoms with Gasteiger partial charge < -0.3 is 15.2 Å². The van der Waals surface area contributed by atoms with Crippen LogP contribution in [0.1, 0.15) is 37.4 Å². The Kier molecular flexibility index (Phi) is 4.45. The summed E-state index contributed by atoms with van der Waals surface area (Å²) in [5, 5.41) is 4.06. The molecule has 1 fully saturated rings. The molecule has 27 heavy (non-hydrogen) atoms. The molecule has 0 radical (unpaired) electrons. The second-order valence-corrected chi connectivity index (χ2v) is 6.97. The van der Waals surface area contributed by atoms with Gasteiger partial charge in [-0.05, 0) is 62.1 Å². The lowest BCUT2D eigenvalue weighted by atomic mass is 9.99. The van der Waals surface area contributed by atoms with Crippen LogP contribution in [0.3, 0.4) is 0 Å². The number of hydrazine groups is 1. The normalized spacial score (nSPS) is 18.1. The maximum absolute atomic E-state index is 12.7. The summed E-state index contributed by atoms with van der Waals surface area (Å²) in [6, 6.07) is 8.96. The number of benzene rings is 1. The first-order chi connectivity index (χ1) is 13.1. The number of urea groups is 1. The Labute approximate surface area is 157 Å². The molecule has 0 saturated carbocycles. The van der Waals surface area contributed by atoms with Crippen molar-refractivity contribution in [2.24, 2.45) is 5.84 Å². The third-order valence-corrected chi connectivity index (χ3v) is 5.24. The molecule has 1 aromatic heterocycles. The Bertz CT molecular complexity index is 910. The van der Waals surface area contributed by atoms with Crippen molar-refractivity contribution < 1.29 is 9.59 Å². The number of aromatic nitrogens is 1. The number of nitrogens with zero attached hydrogens (tertiary/aromatic N) is 2. The lowest BCUT2D eigenvalue weighted by molar-refractivity contribution is -0.110. The van der Waals surface area contributed by atoms with E-state index in [1.54, 1.807) is 23.1 Å². The number of amides is 3. The van der Waals surface area contributed by atoms with Gasteiger partial charge in [0.15, 0.2) is 0 Å². The Balaban J connectivity index is 1.68. The number of nitrogens with one attached hydrogen (secondary N) is 2. The van der Waals surface area contributed by atoms with Crippen LogP contribution in [0.2, 0.25) is 0 Å². The fraction of sp³-hybridized carbons (Fsp3) is 0.300. The number of fused-ring (bicyclic) bond motifs is 1. The third-order valence-electron chi connectivity index (χ3n) is 5.24. The highest BCUT2D eigenvalue weighted by Gasteiger charge is 2.29. The fourth-order valence-corrected chi connectivity index (χ4v) is 3.72. The van der Waals surface area contributed by atoms with E-state index in [9.17, 15) is 9.59 Å². The smallest absolute Gasteiger partial charge is 0.338 e. The molecule has 0 bridgehead atoms. The number of hydrogen-bond acceptors (Lipinski definition) is 3. The summed E-state index contributed by atoms with van der Waals surface area (Å²) < 4.78 is 0. The lowest BCUT2D eigenvalue weighted by Gasteiger charge is -2.30. The van der Waals surface area contributed by atoms with Crippen LogP contribution in [0.4, 0.5) is 16.2 Å². The molecule has 1 saturated heterocycles. The number of allylic oxidation sites excluding steroid dienone is 1. The minimum absolute atomic E-state index is 0.153. The summed E-state index contributed by atoms with van der Waals surface area (Å²) in [6.45, 7) is 3.37. The number of carbonyl (C=O) groups is 2. The van der Waals surface area contributed by atoms with Gasteiger partial charge in [0, 0.05) is 36.2 Å². The zero-order valence-electron chi connectivity index (χ0n) is 15.3. The second kappa shape index (κ2) is 6.92. The summed E-state index contributed by atoms with van der Waals surface area (Å²) in [7, 11) is 0. The number of likely N-dealkylation sites (tertiary alicyclic amines) is 1. The molecular formula is C20H23N5O2. The molecule has 0 aliphatic carbocycles. The van der Waals surface area contributed by atoms with Gasteiger partial charge in [-0.1, -0.05) is 0 Å². The van der Waals surface area contributed by atoms with Gasteiger partial charge in [-0.25, -0.2) is 15.6 Å². The average Bonchev–Trinajstić information content (AvgIpc) is 3.34. The summed E-state index contributed by atoms with van der Waals surface area (Å²) in [5.41, 5.74) is 4.37. The topological polar surface area (TPSA) is 94.5 Å². The van der Waals surface area contributed by atoms with Crippen LogP contribution in [0, 0.1) is 0 Å². The lowest BCUT2D eigenvalue weighted by Crippen LogP contribution is -2.49. The number of nitrogens with two attached hydrogens (primary N) is 1. The first-order valence-corrected chi connectivity index (χ1v) is 9.20. The van der Waals surface area contributed by atoms with E-state index >= 15 is 0 Å². The first kappa shape index (κ1) is 17.4. The van der Waals surface area contributed by atoms with Crippen molar-refractivity contribution in [3.8, 4) is 0 Å². The van der Waals surface area contributed by atoms with Crippen molar-refractivity contribution in [2.45, 2.75) is 26.2 Å². The van der Waals surface area contributed by atoms with Gasteiger partial charge in [0.1, 0.15) is 0 Å².